The van der Waals surface area contributed by atoms with Crippen molar-refractivity contribution >= 4 is 0 Å². The molecule has 0 radical (unpaired) electrons. The van der Waals surface area contributed by atoms with E-state index >= 15 is 0 Å². The SMILES string of the molecule is COCC(C)OCC(C)(C)CNC(C)C. The molecule has 0 rings (SSSR count). The van der Waals surface area contributed by atoms with Gasteiger partial charge in [-0.2, -0.15) is 0 Å². The minimum Gasteiger partial charge on any atom is -0.382 e. The van der Waals surface area contributed by atoms with Crippen molar-refractivity contribution < 1.29 is 9.47 Å². The molecule has 0 spiro atoms. The lowest BCUT2D eigenvalue weighted by Crippen LogP contribution is -2.37. The Morgan fingerprint density at radius 2 is 1.80 bits per heavy atom. The van der Waals surface area contributed by atoms with Crippen LogP contribution in [-0.2, 0) is 9.47 Å². The first-order valence-electron chi connectivity index (χ1n) is 5.71. The Bertz CT molecular complexity index is 158. The second kappa shape index (κ2) is 7.20. The average molecular weight is 217 g/mol. The Balaban J connectivity index is 3.72. The van der Waals surface area contributed by atoms with Crippen LogP contribution in [-0.4, -0.2) is 39.0 Å². The molecule has 0 aromatic rings. The molecular weight excluding hydrogens is 190 g/mol. The van der Waals surface area contributed by atoms with Gasteiger partial charge in [-0.05, 0) is 6.92 Å². The summed E-state index contributed by atoms with van der Waals surface area (Å²) in [6.45, 7) is 13.2. The van der Waals surface area contributed by atoms with Crippen molar-refractivity contribution in [2.75, 3.05) is 26.9 Å². The molecule has 3 nitrogen and oxygen atoms in total. The summed E-state index contributed by atoms with van der Waals surface area (Å²) in [4.78, 5) is 0. The third-order valence-electron chi connectivity index (χ3n) is 2.15. The summed E-state index contributed by atoms with van der Waals surface area (Å²) in [5, 5.41) is 3.43. The molecule has 0 aromatic carbocycles. The highest BCUT2D eigenvalue weighted by molar-refractivity contribution is 4.72. The molecule has 92 valence electrons. The third-order valence-corrected chi connectivity index (χ3v) is 2.15. The Morgan fingerprint density at radius 1 is 1.20 bits per heavy atom. The van der Waals surface area contributed by atoms with Crippen LogP contribution in [0.15, 0.2) is 0 Å². The summed E-state index contributed by atoms with van der Waals surface area (Å²) >= 11 is 0. The molecule has 0 aliphatic heterocycles. The van der Waals surface area contributed by atoms with Crippen LogP contribution >= 0.6 is 0 Å². The summed E-state index contributed by atoms with van der Waals surface area (Å²) in [5.41, 5.74) is 0.173. The van der Waals surface area contributed by atoms with Crippen LogP contribution in [0.1, 0.15) is 34.6 Å². The lowest BCUT2D eigenvalue weighted by atomic mass is 9.94. The van der Waals surface area contributed by atoms with Crippen molar-refractivity contribution in [2.24, 2.45) is 5.41 Å². The summed E-state index contributed by atoms with van der Waals surface area (Å²) in [6, 6.07) is 0.528. The van der Waals surface area contributed by atoms with Gasteiger partial charge in [0, 0.05) is 25.1 Å². The fourth-order valence-corrected chi connectivity index (χ4v) is 1.18. The summed E-state index contributed by atoms with van der Waals surface area (Å²) < 4.78 is 10.7. The van der Waals surface area contributed by atoms with E-state index in [9.17, 15) is 0 Å². The molecule has 0 aromatic heterocycles. The van der Waals surface area contributed by atoms with E-state index in [2.05, 4.69) is 33.0 Å². The molecule has 0 aliphatic carbocycles. The second-order valence-electron chi connectivity index (χ2n) is 5.28. The topological polar surface area (TPSA) is 30.5 Å². The maximum Gasteiger partial charge on any atom is 0.0780 e. The van der Waals surface area contributed by atoms with Crippen LogP contribution in [0.2, 0.25) is 0 Å². The Morgan fingerprint density at radius 3 is 2.27 bits per heavy atom. The molecule has 0 aliphatic rings. The van der Waals surface area contributed by atoms with E-state index in [1.165, 1.54) is 0 Å². The molecular formula is C12H27NO2. The zero-order valence-corrected chi connectivity index (χ0v) is 11.1. The van der Waals surface area contributed by atoms with Crippen molar-refractivity contribution in [3.05, 3.63) is 0 Å². The van der Waals surface area contributed by atoms with Crippen molar-refractivity contribution in [1.82, 2.24) is 5.32 Å². The van der Waals surface area contributed by atoms with Crippen molar-refractivity contribution in [3.8, 4) is 0 Å². The smallest absolute Gasteiger partial charge is 0.0780 e. The normalized spacial score (nSPS) is 14.6. The average Bonchev–Trinajstić information content (AvgIpc) is 2.13. The minimum atomic E-state index is 0.173. The minimum absolute atomic E-state index is 0.173. The van der Waals surface area contributed by atoms with Crippen LogP contribution < -0.4 is 5.32 Å². The largest absolute Gasteiger partial charge is 0.382 e. The highest BCUT2D eigenvalue weighted by Crippen LogP contribution is 2.15. The highest BCUT2D eigenvalue weighted by Gasteiger charge is 2.19. The van der Waals surface area contributed by atoms with Gasteiger partial charge in [0.1, 0.15) is 0 Å². The van der Waals surface area contributed by atoms with Gasteiger partial charge >= 0.3 is 0 Å². The Labute approximate surface area is 94.5 Å². The van der Waals surface area contributed by atoms with E-state index in [1.807, 2.05) is 6.92 Å². The van der Waals surface area contributed by atoms with E-state index in [4.69, 9.17) is 9.47 Å². The predicted molar refractivity (Wildman–Crippen MR) is 64.2 cm³/mol. The standard InChI is InChI=1S/C12H27NO2/c1-10(2)13-8-12(4,5)9-15-11(3)7-14-6/h10-11,13H,7-9H2,1-6H3. The van der Waals surface area contributed by atoms with Gasteiger partial charge < -0.3 is 14.8 Å². The van der Waals surface area contributed by atoms with Crippen molar-refractivity contribution in [2.45, 2.75) is 46.8 Å². The van der Waals surface area contributed by atoms with Crippen LogP contribution in [0.3, 0.4) is 0 Å². The van der Waals surface area contributed by atoms with Gasteiger partial charge in [-0.1, -0.05) is 27.7 Å². The Kier molecular flexibility index (Phi) is 7.14. The monoisotopic (exact) mass is 217 g/mol. The first-order chi connectivity index (χ1) is 6.87. The van der Waals surface area contributed by atoms with E-state index in [-0.39, 0.29) is 11.5 Å². The number of hydrogen-bond donors (Lipinski definition) is 1. The maximum atomic E-state index is 5.71. The molecule has 0 heterocycles. The molecule has 1 N–H and O–H groups in total. The van der Waals surface area contributed by atoms with E-state index in [1.54, 1.807) is 7.11 Å². The van der Waals surface area contributed by atoms with Gasteiger partial charge in [0.2, 0.25) is 0 Å². The molecule has 1 atom stereocenters. The number of methoxy groups -OCH3 is 1. The number of hydrogen-bond acceptors (Lipinski definition) is 3. The molecule has 0 bridgehead atoms. The van der Waals surface area contributed by atoms with Gasteiger partial charge in [-0.3, -0.25) is 0 Å². The van der Waals surface area contributed by atoms with Crippen molar-refractivity contribution in [3.63, 3.8) is 0 Å². The lowest BCUT2D eigenvalue weighted by Gasteiger charge is -2.27. The van der Waals surface area contributed by atoms with E-state index in [0.717, 1.165) is 13.2 Å². The third kappa shape index (κ3) is 8.85. The Hall–Kier alpha value is -0.120. The van der Waals surface area contributed by atoms with Gasteiger partial charge in [0.25, 0.3) is 0 Å². The zero-order valence-electron chi connectivity index (χ0n) is 11.1. The number of nitrogens with one attached hydrogen (secondary N) is 1. The van der Waals surface area contributed by atoms with Gasteiger partial charge in [-0.15, -0.1) is 0 Å². The van der Waals surface area contributed by atoms with Crippen LogP contribution in [0, 0.1) is 5.41 Å². The predicted octanol–water partition coefficient (Wildman–Crippen LogP) is 2.06. The molecule has 0 amide bonds. The number of rotatable bonds is 8. The molecule has 0 saturated carbocycles. The molecule has 1 unspecified atom stereocenters. The van der Waals surface area contributed by atoms with E-state index in [0.29, 0.717) is 12.6 Å². The highest BCUT2D eigenvalue weighted by atomic mass is 16.5. The maximum absolute atomic E-state index is 5.71. The fourth-order valence-electron chi connectivity index (χ4n) is 1.18. The molecule has 3 heteroatoms. The summed E-state index contributed by atoms with van der Waals surface area (Å²) in [7, 11) is 1.70. The first-order valence-corrected chi connectivity index (χ1v) is 5.71. The first kappa shape index (κ1) is 14.9. The van der Waals surface area contributed by atoms with Crippen molar-refractivity contribution in [1.29, 1.82) is 0 Å². The van der Waals surface area contributed by atoms with Gasteiger partial charge in [0.05, 0.1) is 19.3 Å². The quantitative estimate of drug-likeness (QED) is 0.675. The summed E-state index contributed by atoms with van der Waals surface area (Å²) in [5.74, 6) is 0. The summed E-state index contributed by atoms with van der Waals surface area (Å²) in [6.07, 6.45) is 0.174. The van der Waals surface area contributed by atoms with Crippen LogP contribution in [0.4, 0.5) is 0 Å². The molecule has 0 saturated heterocycles. The van der Waals surface area contributed by atoms with Crippen LogP contribution in [0.5, 0.6) is 0 Å². The molecule has 0 fully saturated rings. The fraction of sp³-hybridized carbons (Fsp3) is 1.00. The van der Waals surface area contributed by atoms with Crippen LogP contribution in [0.25, 0.3) is 0 Å². The number of ether oxygens (including phenoxy) is 2. The molecule has 15 heavy (non-hydrogen) atoms. The zero-order chi connectivity index (χ0) is 11.9. The lowest BCUT2D eigenvalue weighted by molar-refractivity contribution is -0.0249. The van der Waals surface area contributed by atoms with Gasteiger partial charge in [0.15, 0.2) is 0 Å². The second-order valence-corrected chi connectivity index (χ2v) is 5.28. The van der Waals surface area contributed by atoms with Gasteiger partial charge in [-0.25, -0.2) is 0 Å². The van der Waals surface area contributed by atoms with E-state index < -0.39 is 0 Å².